The molecule has 1 aliphatic rings. The normalized spacial score (nSPS) is 16.4. The van der Waals surface area contributed by atoms with Crippen molar-refractivity contribution >= 4 is 12.4 Å². The first-order valence-corrected chi connectivity index (χ1v) is 5.51. The highest BCUT2D eigenvalue weighted by molar-refractivity contribution is 5.85. The number of rotatable bonds is 4. The van der Waals surface area contributed by atoms with Crippen molar-refractivity contribution in [1.29, 1.82) is 0 Å². The Balaban J connectivity index is 0.00000128. The minimum Gasteiger partial charge on any atom is -0.477 e. The Bertz CT molecular complexity index is 351. The zero-order chi connectivity index (χ0) is 10.8. The van der Waals surface area contributed by atoms with Gasteiger partial charge in [0.05, 0.1) is 6.61 Å². The second kappa shape index (κ2) is 5.51. The van der Waals surface area contributed by atoms with Crippen LogP contribution in [0.4, 0.5) is 0 Å². The Labute approximate surface area is 103 Å². The van der Waals surface area contributed by atoms with E-state index in [2.05, 4.69) is 11.1 Å². The van der Waals surface area contributed by atoms with Gasteiger partial charge in [-0.05, 0) is 44.2 Å². The molecule has 1 aromatic heterocycles. The summed E-state index contributed by atoms with van der Waals surface area (Å²) in [6, 6.07) is 2.09. The van der Waals surface area contributed by atoms with Gasteiger partial charge in [-0.2, -0.15) is 0 Å². The molecule has 1 aromatic rings. The molecule has 2 N–H and O–H groups in total. The summed E-state index contributed by atoms with van der Waals surface area (Å²) in [6.45, 7) is 4.79. The highest BCUT2D eigenvalue weighted by Crippen LogP contribution is 2.30. The SMILES string of the molecule is Cc1cc(C(C)N)cnc1OCC1CC1.Cl. The molecule has 0 saturated heterocycles. The van der Waals surface area contributed by atoms with E-state index < -0.39 is 0 Å². The number of nitrogens with two attached hydrogens (primary N) is 1. The third-order valence-corrected chi connectivity index (χ3v) is 2.73. The van der Waals surface area contributed by atoms with E-state index in [-0.39, 0.29) is 18.4 Å². The van der Waals surface area contributed by atoms with E-state index in [0.717, 1.165) is 29.5 Å². The maximum Gasteiger partial charge on any atom is 0.216 e. The Kier molecular flexibility index (Phi) is 4.56. The second-order valence-electron chi connectivity index (χ2n) is 4.43. The molecule has 16 heavy (non-hydrogen) atoms. The van der Waals surface area contributed by atoms with Crippen molar-refractivity contribution in [2.45, 2.75) is 32.7 Å². The van der Waals surface area contributed by atoms with Crippen molar-refractivity contribution in [1.82, 2.24) is 4.98 Å². The van der Waals surface area contributed by atoms with Gasteiger partial charge in [0.15, 0.2) is 0 Å². The molecule has 0 aromatic carbocycles. The Morgan fingerprint density at radius 2 is 2.25 bits per heavy atom. The van der Waals surface area contributed by atoms with E-state index in [4.69, 9.17) is 10.5 Å². The summed E-state index contributed by atoms with van der Waals surface area (Å²) < 4.78 is 5.64. The zero-order valence-corrected chi connectivity index (χ0v) is 10.6. The molecule has 1 unspecified atom stereocenters. The predicted molar refractivity (Wildman–Crippen MR) is 67.0 cm³/mol. The van der Waals surface area contributed by atoms with Crippen molar-refractivity contribution in [3.05, 3.63) is 23.4 Å². The molecule has 90 valence electrons. The molecule has 0 radical (unpaired) electrons. The van der Waals surface area contributed by atoms with Gasteiger partial charge in [-0.15, -0.1) is 12.4 Å². The fourth-order valence-corrected chi connectivity index (χ4v) is 1.47. The van der Waals surface area contributed by atoms with E-state index in [0.29, 0.717) is 0 Å². The first-order chi connectivity index (χ1) is 7.16. The van der Waals surface area contributed by atoms with Gasteiger partial charge in [-0.1, -0.05) is 0 Å². The lowest BCUT2D eigenvalue weighted by molar-refractivity contribution is 0.286. The molecule has 0 amide bonds. The number of ether oxygens (including phenoxy) is 1. The standard InChI is InChI=1S/C12H18N2O.ClH/c1-8-5-11(9(2)13)6-14-12(8)15-7-10-3-4-10;/h5-6,9-10H,3-4,7,13H2,1-2H3;1H. The van der Waals surface area contributed by atoms with Crippen LogP contribution in [0.25, 0.3) is 0 Å². The van der Waals surface area contributed by atoms with E-state index >= 15 is 0 Å². The molecule has 1 atom stereocenters. The molecule has 1 fully saturated rings. The average molecular weight is 243 g/mol. The van der Waals surface area contributed by atoms with Gasteiger partial charge in [0, 0.05) is 17.8 Å². The summed E-state index contributed by atoms with van der Waals surface area (Å²) in [7, 11) is 0. The van der Waals surface area contributed by atoms with Crippen molar-refractivity contribution < 1.29 is 4.74 Å². The number of hydrogen-bond acceptors (Lipinski definition) is 3. The van der Waals surface area contributed by atoms with Crippen LogP contribution < -0.4 is 10.5 Å². The van der Waals surface area contributed by atoms with Crippen molar-refractivity contribution in [2.24, 2.45) is 11.7 Å². The molecule has 1 aliphatic carbocycles. The van der Waals surface area contributed by atoms with Gasteiger partial charge in [-0.25, -0.2) is 4.98 Å². The van der Waals surface area contributed by atoms with Crippen molar-refractivity contribution in [3.8, 4) is 5.88 Å². The Morgan fingerprint density at radius 1 is 1.56 bits per heavy atom. The van der Waals surface area contributed by atoms with Crippen LogP contribution in [0, 0.1) is 12.8 Å². The Hall–Kier alpha value is -0.800. The van der Waals surface area contributed by atoms with Gasteiger partial charge in [-0.3, -0.25) is 0 Å². The van der Waals surface area contributed by atoms with Crippen molar-refractivity contribution in [3.63, 3.8) is 0 Å². The summed E-state index contributed by atoms with van der Waals surface area (Å²) in [6.07, 6.45) is 4.41. The largest absolute Gasteiger partial charge is 0.477 e. The van der Waals surface area contributed by atoms with Crippen molar-refractivity contribution in [2.75, 3.05) is 6.61 Å². The first kappa shape index (κ1) is 13.3. The number of aromatic nitrogens is 1. The van der Waals surface area contributed by atoms with Crippen LogP contribution in [0.5, 0.6) is 5.88 Å². The highest BCUT2D eigenvalue weighted by atomic mass is 35.5. The average Bonchev–Trinajstić information content (AvgIpc) is 2.99. The summed E-state index contributed by atoms with van der Waals surface area (Å²) in [5.41, 5.74) is 7.92. The third-order valence-electron chi connectivity index (χ3n) is 2.73. The molecule has 4 heteroatoms. The minimum absolute atomic E-state index is 0. The maximum absolute atomic E-state index is 5.78. The lowest BCUT2D eigenvalue weighted by atomic mass is 10.1. The van der Waals surface area contributed by atoms with Gasteiger partial charge < -0.3 is 10.5 Å². The summed E-state index contributed by atoms with van der Waals surface area (Å²) in [4.78, 5) is 4.30. The fourth-order valence-electron chi connectivity index (χ4n) is 1.47. The lowest BCUT2D eigenvalue weighted by Gasteiger charge is -2.10. The molecule has 1 saturated carbocycles. The Morgan fingerprint density at radius 3 is 2.75 bits per heavy atom. The lowest BCUT2D eigenvalue weighted by Crippen LogP contribution is -2.07. The van der Waals surface area contributed by atoms with Crippen LogP contribution in [0.3, 0.4) is 0 Å². The van der Waals surface area contributed by atoms with Gasteiger partial charge in [0.25, 0.3) is 0 Å². The smallest absolute Gasteiger partial charge is 0.216 e. The maximum atomic E-state index is 5.78. The summed E-state index contributed by atoms with van der Waals surface area (Å²) in [5.74, 6) is 1.52. The van der Waals surface area contributed by atoms with Crippen LogP contribution in [0.15, 0.2) is 12.3 Å². The topological polar surface area (TPSA) is 48.1 Å². The predicted octanol–water partition coefficient (Wildman–Crippen LogP) is 2.62. The third kappa shape index (κ3) is 3.35. The summed E-state index contributed by atoms with van der Waals surface area (Å²) >= 11 is 0. The van der Waals surface area contributed by atoms with Crippen LogP contribution in [0.1, 0.15) is 36.9 Å². The highest BCUT2D eigenvalue weighted by Gasteiger charge is 2.22. The fraction of sp³-hybridized carbons (Fsp3) is 0.583. The quantitative estimate of drug-likeness (QED) is 0.883. The molecule has 3 nitrogen and oxygen atoms in total. The molecular weight excluding hydrogens is 224 g/mol. The first-order valence-electron chi connectivity index (χ1n) is 5.51. The van der Waals surface area contributed by atoms with Gasteiger partial charge in [0.1, 0.15) is 0 Å². The second-order valence-corrected chi connectivity index (χ2v) is 4.43. The van der Waals surface area contributed by atoms with Crippen LogP contribution in [-0.4, -0.2) is 11.6 Å². The monoisotopic (exact) mass is 242 g/mol. The molecule has 0 bridgehead atoms. The van der Waals surface area contributed by atoms with Gasteiger partial charge in [0.2, 0.25) is 5.88 Å². The van der Waals surface area contributed by atoms with Crippen LogP contribution >= 0.6 is 12.4 Å². The summed E-state index contributed by atoms with van der Waals surface area (Å²) in [5, 5.41) is 0. The molecular formula is C12H19ClN2O. The molecule has 1 heterocycles. The van der Waals surface area contributed by atoms with Gasteiger partial charge >= 0.3 is 0 Å². The number of hydrogen-bond donors (Lipinski definition) is 1. The van der Waals surface area contributed by atoms with E-state index in [1.165, 1.54) is 12.8 Å². The van der Waals surface area contributed by atoms with E-state index in [9.17, 15) is 0 Å². The minimum atomic E-state index is 0. The van der Waals surface area contributed by atoms with E-state index in [1.54, 1.807) is 6.20 Å². The zero-order valence-electron chi connectivity index (χ0n) is 9.77. The molecule has 0 spiro atoms. The number of aryl methyl sites for hydroxylation is 1. The van der Waals surface area contributed by atoms with E-state index in [1.807, 2.05) is 13.8 Å². The van der Waals surface area contributed by atoms with Crippen LogP contribution in [0.2, 0.25) is 0 Å². The van der Waals surface area contributed by atoms with Crippen LogP contribution in [-0.2, 0) is 0 Å². The number of pyridine rings is 1. The molecule has 0 aliphatic heterocycles. The molecule has 2 rings (SSSR count). The number of nitrogens with zero attached hydrogens (tertiary/aromatic N) is 1. The number of halogens is 1.